The van der Waals surface area contributed by atoms with Gasteiger partial charge in [0.15, 0.2) is 11.3 Å². The summed E-state index contributed by atoms with van der Waals surface area (Å²) in [5, 5.41) is 28.5. The fourth-order valence-corrected chi connectivity index (χ4v) is 6.15. The van der Waals surface area contributed by atoms with Crippen molar-refractivity contribution in [2.75, 3.05) is 31.7 Å². The zero-order valence-corrected chi connectivity index (χ0v) is 25.0. The predicted molar refractivity (Wildman–Crippen MR) is 163 cm³/mol. The van der Waals surface area contributed by atoms with Gasteiger partial charge in [0, 0.05) is 41.2 Å². The van der Waals surface area contributed by atoms with Crippen molar-refractivity contribution in [3.63, 3.8) is 0 Å². The Morgan fingerprint density at radius 3 is 2.05 bits per heavy atom. The smallest absolute Gasteiger partial charge is 0.172 e. The largest absolute Gasteiger partial charge is 0.480 e. The van der Waals surface area contributed by atoms with Gasteiger partial charge in [-0.15, -0.1) is 11.3 Å². The van der Waals surface area contributed by atoms with Crippen LogP contribution in [0.15, 0.2) is 52.8 Å². The highest BCUT2D eigenvalue weighted by Gasteiger charge is 2.38. The average Bonchev–Trinajstić information content (AvgIpc) is 3.44. The highest BCUT2D eigenvalue weighted by molar-refractivity contribution is 7.14. The molecule has 0 saturated carbocycles. The molecule has 0 aliphatic carbocycles. The van der Waals surface area contributed by atoms with Crippen LogP contribution in [0.1, 0.15) is 61.1 Å². The van der Waals surface area contributed by atoms with Crippen molar-refractivity contribution in [2.24, 2.45) is 0 Å². The first-order chi connectivity index (χ1) is 19.3. The number of benzene rings is 1. The Kier molecular flexibility index (Phi) is 10.5. The molecule has 206 valence electrons. The zero-order chi connectivity index (χ0) is 29.3. The van der Waals surface area contributed by atoms with E-state index in [1.54, 1.807) is 18.4 Å². The van der Waals surface area contributed by atoms with Crippen LogP contribution in [0.3, 0.4) is 0 Å². The fraction of sp³-hybridized carbons (Fsp3) is 0.364. The van der Waals surface area contributed by atoms with E-state index in [-0.39, 0.29) is 16.9 Å². The third-order valence-corrected chi connectivity index (χ3v) is 8.19. The molecule has 0 N–H and O–H groups in total. The average molecular weight is 553 g/mol. The minimum absolute atomic E-state index is 0.0590. The maximum absolute atomic E-state index is 9.85. The maximum Gasteiger partial charge on any atom is 0.172 e. The molecule has 6 nitrogen and oxygen atoms in total. The highest BCUT2D eigenvalue weighted by Crippen LogP contribution is 2.41. The summed E-state index contributed by atoms with van der Waals surface area (Å²) in [6.07, 6.45) is 10.1. The number of hydrogen-bond acceptors (Lipinski definition) is 7. The van der Waals surface area contributed by atoms with E-state index in [2.05, 4.69) is 68.2 Å². The van der Waals surface area contributed by atoms with Gasteiger partial charge in [0.2, 0.25) is 0 Å². The summed E-state index contributed by atoms with van der Waals surface area (Å²) >= 11 is 1.72. The molecule has 1 aliphatic heterocycles. The summed E-state index contributed by atoms with van der Waals surface area (Å²) in [4.78, 5) is 4.64. The number of allylic oxidation sites excluding steroid dienone is 2. The Hall–Kier alpha value is -4.09. The minimum Gasteiger partial charge on any atom is -0.480 e. The molecule has 0 saturated heterocycles. The molecule has 7 heteroatoms. The molecule has 1 aromatic carbocycles. The topological polar surface area (TPSA) is 93.1 Å². The van der Waals surface area contributed by atoms with Gasteiger partial charge in [0.05, 0.1) is 6.61 Å². The monoisotopic (exact) mass is 552 g/mol. The number of nitrogens with zero attached hydrogens (tertiary/aromatic N) is 4. The van der Waals surface area contributed by atoms with E-state index < -0.39 is 5.60 Å². The van der Waals surface area contributed by atoms with Crippen LogP contribution in [0.4, 0.5) is 5.69 Å². The Balaban J connectivity index is 1.95. The molecular weight excluding hydrogens is 516 g/mol. The van der Waals surface area contributed by atoms with Crippen LogP contribution in [-0.2, 0) is 22.3 Å². The van der Waals surface area contributed by atoms with Gasteiger partial charge in [0.1, 0.15) is 29.4 Å². The molecule has 0 atom stereocenters. The van der Waals surface area contributed by atoms with E-state index in [0.29, 0.717) is 12.2 Å². The highest BCUT2D eigenvalue weighted by atomic mass is 32.1. The van der Waals surface area contributed by atoms with Gasteiger partial charge in [-0.2, -0.15) is 15.8 Å². The van der Waals surface area contributed by atoms with Crippen LogP contribution in [0, 0.1) is 34.0 Å². The molecule has 2 heterocycles. The summed E-state index contributed by atoms with van der Waals surface area (Å²) in [7, 11) is 1.72. The number of nitriles is 3. The van der Waals surface area contributed by atoms with Crippen LogP contribution in [-0.4, -0.2) is 32.4 Å². The number of rotatable bonds is 11. The van der Waals surface area contributed by atoms with Crippen molar-refractivity contribution in [1.82, 2.24) is 0 Å². The summed E-state index contributed by atoms with van der Waals surface area (Å²) < 4.78 is 11.1. The lowest BCUT2D eigenvalue weighted by Crippen LogP contribution is -2.26. The lowest BCUT2D eigenvalue weighted by Gasteiger charge is -2.22. The third kappa shape index (κ3) is 6.54. The number of hydrogen-bond donors (Lipinski definition) is 0. The second-order valence-corrected chi connectivity index (χ2v) is 10.8. The van der Waals surface area contributed by atoms with Gasteiger partial charge in [-0.1, -0.05) is 38.1 Å². The van der Waals surface area contributed by atoms with Crippen molar-refractivity contribution < 1.29 is 9.47 Å². The number of thiophene rings is 1. The van der Waals surface area contributed by atoms with Crippen molar-refractivity contribution in [2.45, 2.75) is 53.1 Å². The van der Waals surface area contributed by atoms with Crippen LogP contribution >= 0.6 is 11.3 Å². The Bertz CT molecular complexity index is 1450. The van der Waals surface area contributed by atoms with Crippen molar-refractivity contribution >= 4 is 35.3 Å². The summed E-state index contributed by atoms with van der Waals surface area (Å²) in [6, 6.07) is 14.4. The first-order valence-electron chi connectivity index (χ1n) is 13.5. The molecule has 1 aliphatic rings. The molecule has 40 heavy (non-hydrogen) atoms. The standard InChI is InChI=1S/C33H36N4O2S/c1-7-26-27(8-2)31(17-15-29-28(22-36)32(24(20-34)21-35)39-33(29,4)5)40-30(26)16-12-23-10-13-25(14-11-23)37(9-3)18-19-38-6/h10-17H,7-9,18-19H2,1-6H3/b16-12+,17-15+. The molecule has 1 aromatic heterocycles. The summed E-state index contributed by atoms with van der Waals surface area (Å²) in [5.74, 6) is 0.0590. The lowest BCUT2D eigenvalue weighted by atomic mass is 9.94. The van der Waals surface area contributed by atoms with Gasteiger partial charge in [-0.25, -0.2) is 0 Å². The number of anilines is 1. The van der Waals surface area contributed by atoms with Gasteiger partial charge < -0.3 is 14.4 Å². The second-order valence-electron chi connectivity index (χ2n) is 9.77. The summed E-state index contributed by atoms with van der Waals surface area (Å²) in [6.45, 7) is 12.6. The molecule has 3 rings (SSSR count). The molecule has 2 aromatic rings. The lowest BCUT2D eigenvalue weighted by molar-refractivity contribution is 0.0954. The molecule has 0 amide bonds. The van der Waals surface area contributed by atoms with Gasteiger partial charge in [-0.05, 0) is 74.6 Å². The second kappa shape index (κ2) is 13.8. The van der Waals surface area contributed by atoms with Crippen LogP contribution in [0.2, 0.25) is 0 Å². The SMILES string of the molecule is CCc1c(/C=C/C2=C(C#N)C(=C(C#N)C#N)OC2(C)C)sc(/C=C/c2ccc(N(CC)CCOC)cc2)c1CC. The van der Waals surface area contributed by atoms with Crippen molar-refractivity contribution in [1.29, 1.82) is 15.8 Å². The van der Waals surface area contributed by atoms with Gasteiger partial charge in [0.25, 0.3) is 0 Å². The van der Waals surface area contributed by atoms with E-state index in [1.165, 1.54) is 21.7 Å². The van der Waals surface area contributed by atoms with E-state index in [4.69, 9.17) is 9.47 Å². The number of likely N-dealkylation sites (N-methyl/N-ethyl adjacent to an activating group) is 1. The molecule has 0 spiro atoms. The minimum atomic E-state index is -0.834. The number of ether oxygens (including phenoxy) is 2. The van der Waals surface area contributed by atoms with Crippen LogP contribution in [0.5, 0.6) is 0 Å². The Labute approximate surface area is 242 Å². The molecule has 0 fully saturated rings. The normalized spacial score (nSPS) is 14.3. The molecule has 0 unspecified atom stereocenters. The molecule has 0 bridgehead atoms. The van der Waals surface area contributed by atoms with Gasteiger partial charge in [-0.3, -0.25) is 0 Å². The summed E-state index contributed by atoms with van der Waals surface area (Å²) in [5.41, 5.74) is 4.80. The first kappa shape index (κ1) is 30.5. The Morgan fingerprint density at radius 2 is 1.55 bits per heavy atom. The van der Waals surface area contributed by atoms with Gasteiger partial charge >= 0.3 is 0 Å². The van der Waals surface area contributed by atoms with E-state index in [1.807, 2.05) is 38.1 Å². The number of methoxy groups -OCH3 is 1. The van der Waals surface area contributed by atoms with E-state index >= 15 is 0 Å². The Morgan fingerprint density at radius 1 is 0.950 bits per heavy atom. The van der Waals surface area contributed by atoms with E-state index in [0.717, 1.165) is 36.4 Å². The predicted octanol–water partition coefficient (Wildman–Crippen LogP) is 7.46. The molecule has 0 radical (unpaired) electrons. The third-order valence-electron chi connectivity index (χ3n) is 6.98. The van der Waals surface area contributed by atoms with Crippen molar-refractivity contribution in [3.8, 4) is 18.2 Å². The first-order valence-corrected chi connectivity index (χ1v) is 14.3. The van der Waals surface area contributed by atoms with Crippen LogP contribution < -0.4 is 4.90 Å². The maximum atomic E-state index is 9.85. The molecular formula is C33H36N4O2S. The fourth-order valence-electron chi connectivity index (χ4n) is 4.86. The van der Waals surface area contributed by atoms with Crippen LogP contribution in [0.25, 0.3) is 18.2 Å². The zero-order valence-electron chi connectivity index (χ0n) is 24.2. The van der Waals surface area contributed by atoms with E-state index in [9.17, 15) is 15.8 Å². The van der Waals surface area contributed by atoms with Crippen molar-refractivity contribution in [3.05, 3.63) is 79.3 Å². The quantitative estimate of drug-likeness (QED) is 0.269.